The lowest BCUT2D eigenvalue weighted by molar-refractivity contribution is 0.0915. The van der Waals surface area contributed by atoms with E-state index < -0.39 is 12.2 Å². The van der Waals surface area contributed by atoms with E-state index in [-0.39, 0.29) is 18.6 Å². The van der Waals surface area contributed by atoms with Gasteiger partial charge in [-0.15, -0.1) is 0 Å². The van der Waals surface area contributed by atoms with Crippen LogP contribution in [0.4, 0.5) is 10.5 Å². The molecule has 7 nitrogen and oxygen atoms in total. The number of nitrogens with one attached hydrogen (secondary N) is 1. The zero-order chi connectivity index (χ0) is 20.2. The second kappa shape index (κ2) is 8.92. The number of nitrogens with zero attached hydrogens (tertiary/aromatic N) is 2. The fourth-order valence-corrected chi connectivity index (χ4v) is 4.43. The largest absolute Gasteiger partial charge is 0.473 e. The number of aromatic nitrogens is 1. The molecule has 4 rings (SSSR count). The van der Waals surface area contributed by atoms with Crippen molar-refractivity contribution >= 4 is 41.1 Å². The van der Waals surface area contributed by atoms with E-state index in [0.717, 1.165) is 17.9 Å². The molecule has 2 atom stereocenters. The molecule has 0 spiro atoms. The van der Waals surface area contributed by atoms with E-state index in [1.165, 1.54) is 11.1 Å². The smallest absolute Gasteiger partial charge is 0.414 e. The Bertz CT molecular complexity index is 890. The van der Waals surface area contributed by atoms with Gasteiger partial charge in [0.2, 0.25) is 5.88 Å². The van der Waals surface area contributed by atoms with Crippen LogP contribution in [0.2, 0.25) is 5.02 Å². The third kappa shape index (κ3) is 4.94. The zero-order valence-corrected chi connectivity index (χ0v) is 17.1. The highest BCUT2D eigenvalue weighted by molar-refractivity contribution is 7.99. The minimum absolute atomic E-state index is 0.187. The van der Waals surface area contributed by atoms with Crippen molar-refractivity contribution in [3.63, 3.8) is 0 Å². The first-order valence-electron chi connectivity index (χ1n) is 9.31. The van der Waals surface area contributed by atoms with Gasteiger partial charge in [0.1, 0.15) is 12.2 Å². The van der Waals surface area contributed by atoms with Crippen molar-refractivity contribution in [3.05, 3.63) is 53.2 Å². The number of benzene rings is 1. The normalized spacial score (nSPS) is 21.1. The van der Waals surface area contributed by atoms with Crippen LogP contribution < -0.4 is 15.0 Å². The van der Waals surface area contributed by atoms with E-state index in [0.29, 0.717) is 28.7 Å². The summed E-state index contributed by atoms with van der Waals surface area (Å²) in [5.41, 5.74) is 1.09. The van der Waals surface area contributed by atoms with Crippen LogP contribution >= 0.6 is 23.4 Å². The van der Waals surface area contributed by atoms with E-state index in [2.05, 4.69) is 10.3 Å². The molecule has 1 aromatic heterocycles. The number of anilines is 1. The van der Waals surface area contributed by atoms with E-state index in [9.17, 15) is 9.59 Å². The highest BCUT2D eigenvalue weighted by atomic mass is 35.5. The van der Waals surface area contributed by atoms with E-state index in [4.69, 9.17) is 21.1 Å². The molecule has 29 heavy (non-hydrogen) atoms. The molecule has 2 aliphatic rings. The van der Waals surface area contributed by atoms with Crippen molar-refractivity contribution in [1.29, 1.82) is 0 Å². The molecule has 2 fully saturated rings. The standard InChI is InChI=1S/C20H20ClN3O4S/c21-14-2-1-3-15(8-14)24-11-17(28-20(24)26)10-23-19(25)13-4-5-18(22-9-13)27-16-6-7-29-12-16/h1-5,8-9,16-17H,6-7,10-12H2,(H,23,25). The van der Waals surface area contributed by atoms with Crippen molar-refractivity contribution in [2.24, 2.45) is 0 Å². The van der Waals surface area contributed by atoms with E-state index in [1.807, 2.05) is 11.8 Å². The molecular formula is C20H20ClN3O4S. The lowest BCUT2D eigenvalue weighted by Crippen LogP contribution is -2.34. The average molecular weight is 434 g/mol. The number of hydrogen-bond donors (Lipinski definition) is 1. The summed E-state index contributed by atoms with van der Waals surface area (Å²) in [5, 5.41) is 3.32. The molecule has 2 aromatic rings. The highest BCUT2D eigenvalue weighted by Crippen LogP contribution is 2.24. The van der Waals surface area contributed by atoms with Gasteiger partial charge in [0, 0.05) is 28.7 Å². The predicted octanol–water partition coefficient (Wildman–Crippen LogP) is 3.37. The maximum atomic E-state index is 12.4. The van der Waals surface area contributed by atoms with Gasteiger partial charge in [-0.05, 0) is 36.4 Å². The molecule has 2 aliphatic heterocycles. The van der Waals surface area contributed by atoms with Crippen molar-refractivity contribution < 1.29 is 19.1 Å². The molecule has 1 N–H and O–H groups in total. The van der Waals surface area contributed by atoms with Crippen molar-refractivity contribution in [2.45, 2.75) is 18.6 Å². The lowest BCUT2D eigenvalue weighted by Gasteiger charge is -2.13. The molecular weight excluding hydrogens is 414 g/mol. The van der Waals surface area contributed by atoms with Crippen LogP contribution in [0.25, 0.3) is 0 Å². The van der Waals surface area contributed by atoms with Gasteiger partial charge in [-0.3, -0.25) is 9.69 Å². The molecule has 2 unspecified atom stereocenters. The maximum Gasteiger partial charge on any atom is 0.414 e. The Labute approximate surface area is 177 Å². The number of halogens is 1. The first-order valence-corrected chi connectivity index (χ1v) is 10.8. The third-order valence-electron chi connectivity index (χ3n) is 4.66. The average Bonchev–Trinajstić information content (AvgIpc) is 3.36. The molecule has 2 saturated heterocycles. The van der Waals surface area contributed by atoms with Crippen LogP contribution in [0, 0.1) is 0 Å². The molecule has 9 heteroatoms. The number of amides is 2. The minimum atomic E-state index is -0.459. The number of carbonyl (C=O) groups excluding carboxylic acids is 2. The fourth-order valence-electron chi connectivity index (χ4n) is 3.15. The first kappa shape index (κ1) is 19.8. The van der Waals surface area contributed by atoms with Gasteiger partial charge < -0.3 is 14.8 Å². The number of thioether (sulfide) groups is 1. The molecule has 152 valence electrons. The summed E-state index contributed by atoms with van der Waals surface area (Å²) in [6.07, 6.45) is 1.79. The maximum absolute atomic E-state index is 12.4. The SMILES string of the molecule is O=C(NCC1CN(c2cccc(Cl)c2)C(=O)O1)c1ccc(OC2CCSC2)nc1. The summed E-state index contributed by atoms with van der Waals surface area (Å²) in [7, 11) is 0. The van der Waals surface area contributed by atoms with Crippen LogP contribution in [0.5, 0.6) is 5.88 Å². The van der Waals surface area contributed by atoms with Gasteiger partial charge in [0.05, 0.1) is 18.7 Å². The number of cyclic esters (lactones) is 1. The van der Waals surface area contributed by atoms with Crippen LogP contribution in [0.1, 0.15) is 16.8 Å². The number of ether oxygens (including phenoxy) is 2. The number of rotatable bonds is 6. The van der Waals surface area contributed by atoms with Gasteiger partial charge in [-0.2, -0.15) is 11.8 Å². The summed E-state index contributed by atoms with van der Waals surface area (Å²) in [4.78, 5) is 30.2. The first-order chi connectivity index (χ1) is 14.1. The van der Waals surface area contributed by atoms with E-state index >= 15 is 0 Å². The fraction of sp³-hybridized carbons (Fsp3) is 0.350. The Hall–Kier alpha value is -2.45. The lowest BCUT2D eigenvalue weighted by atomic mass is 10.2. The number of pyridine rings is 1. The molecule has 1 aromatic carbocycles. The molecule has 0 saturated carbocycles. The Balaban J connectivity index is 1.28. The van der Waals surface area contributed by atoms with Crippen LogP contribution in [-0.2, 0) is 4.74 Å². The zero-order valence-electron chi connectivity index (χ0n) is 15.5. The van der Waals surface area contributed by atoms with Crippen molar-refractivity contribution in [1.82, 2.24) is 10.3 Å². The number of hydrogen-bond acceptors (Lipinski definition) is 6. The van der Waals surface area contributed by atoms with Gasteiger partial charge >= 0.3 is 6.09 Å². The van der Waals surface area contributed by atoms with Gasteiger partial charge in [0.25, 0.3) is 5.91 Å². The van der Waals surface area contributed by atoms with Gasteiger partial charge in [0.15, 0.2) is 0 Å². The molecule has 2 amide bonds. The summed E-state index contributed by atoms with van der Waals surface area (Å²) in [5.74, 6) is 2.32. The quantitative estimate of drug-likeness (QED) is 0.752. The molecule has 3 heterocycles. The summed E-state index contributed by atoms with van der Waals surface area (Å²) >= 11 is 7.85. The minimum Gasteiger partial charge on any atom is -0.473 e. The summed E-state index contributed by atoms with van der Waals surface area (Å²) < 4.78 is 11.1. The van der Waals surface area contributed by atoms with Crippen LogP contribution in [-0.4, -0.2) is 53.8 Å². The predicted molar refractivity (Wildman–Crippen MR) is 112 cm³/mol. The summed E-state index contributed by atoms with van der Waals surface area (Å²) in [6.45, 7) is 0.545. The van der Waals surface area contributed by atoms with Crippen molar-refractivity contribution in [2.75, 3.05) is 29.5 Å². The Morgan fingerprint density at radius 1 is 1.38 bits per heavy atom. The van der Waals surface area contributed by atoms with Gasteiger partial charge in [-0.25, -0.2) is 9.78 Å². The molecule has 0 bridgehead atoms. The Kier molecular flexibility index (Phi) is 6.10. The monoisotopic (exact) mass is 433 g/mol. The van der Waals surface area contributed by atoms with Crippen LogP contribution in [0.15, 0.2) is 42.6 Å². The topological polar surface area (TPSA) is 80.8 Å². The highest BCUT2D eigenvalue weighted by Gasteiger charge is 2.32. The number of carbonyl (C=O) groups is 2. The van der Waals surface area contributed by atoms with E-state index in [1.54, 1.807) is 36.4 Å². The molecule has 0 aliphatic carbocycles. The van der Waals surface area contributed by atoms with Gasteiger partial charge in [-0.1, -0.05) is 17.7 Å². The van der Waals surface area contributed by atoms with Crippen molar-refractivity contribution in [3.8, 4) is 5.88 Å². The molecule has 0 radical (unpaired) electrons. The second-order valence-electron chi connectivity index (χ2n) is 6.79. The summed E-state index contributed by atoms with van der Waals surface area (Å²) in [6, 6.07) is 10.4. The third-order valence-corrected chi connectivity index (χ3v) is 6.03. The van der Waals surface area contributed by atoms with Crippen LogP contribution in [0.3, 0.4) is 0 Å². The Morgan fingerprint density at radius 2 is 2.28 bits per heavy atom. The Morgan fingerprint density at radius 3 is 3.00 bits per heavy atom. The second-order valence-corrected chi connectivity index (χ2v) is 8.38.